The fraction of sp³-hybridized carbons (Fsp3) is 0.545. The minimum atomic E-state index is 0.0198. The van der Waals surface area contributed by atoms with Crippen LogP contribution < -0.4 is 9.80 Å². The van der Waals surface area contributed by atoms with E-state index < -0.39 is 0 Å². The Balaban J connectivity index is 2.78. The minimum absolute atomic E-state index is 0.0198. The second-order valence-corrected chi connectivity index (χ2v) is 4.25. The quantitative estimate of drug-likeness (QED) is 0.741. The lowest BCUT2D eigenvalue weighted by Crippen LogP contribution is -2.35. The molecule has 0 aliphatic heterocycles. The number of rotatable bonds is 4. The molecule has 0 fully saturated rings. The molecule has 0 atom stereocenters. The zero-order valence-corrected chi connectivity index (χ0v) is 11.0. The molecule has 0 saturated carbocycles. The van der Waals surface area contributed by atoms with Crippen LogP contribution in [0.3, 0.4) is 0 Å². The number of nitrogens with zero attached hydrogens (tertiary/aromatic N) is 5. The summed E-state index contributed by atoms with van der Waals surface area (Å²) in [6.45, 7) is 0.268. The van der Waals surface area contributed by atoms with E-state index >= 15 is 0 Å². The number of anilines is 2. The van der Waals surface area contributed by atoms with Crippen LogP contribution in [0.25, 0.3) is 0 Å². The lowest BCUT2D eigenvalue weighted by molar-refractivity contribution is -0.127. The average Bonchev–Trinajstić information content (AvgIpc) is 2.28. The van der Waals surface area contributed by atoms with Gasteiger partial charge in [0, 0.05) is 41.4 Å². The Hall–Kier alpha value is -1.85. The number of hydrogen-bond acceptors (Lipinski definition) is 5. The molecule has 17 heavy (non-hydrogen) atoms. The topological polar surface area (TPSA) is 52.6 Å². The van der Waals surface area contributed by atoms with Crippen molar-refractivity contribution in [2.75, 3.05) is 51.6 Å². The van der Waals surface area contributed by atoms with Crippen LogP contribution in [0.1, 0.15) is 0 Å². The summed E-state index contributed by atoms with van der Waals surface area (Å²) in [5.74, 6) is 1.39. The molecule has 0 spiro atoms. The number of aromatic nitrogens is 2. The van der Waals surface area contributed by atoms with Crippen molar-refractivity contribution in [2.45, 2.75) is 0 Å². The van der Waals surface area contributed by atoms with Gasteiger partial charge < -0.3 is 14.7 Å². The summed E-state index contributed by atoms with van der Waals surface area (Å²) in [5.41, 5.74) is 0. The van der Waals surface area contributed by atoms with E-state index in [0.717, 1.165) is 5.82 Å². The molecule has 6 heteroatoms. The number of likely N-dealkylation sites (N-methyl/N-ethyl adjacent to an activating group) is 2. The van der Waals surface area contributed by atoms with Crippen molar-refractivity contribution in [1.29, 1.82) is 0 Å². The summed E-state index contributed by atoms with van der Waals surface area (Å²) in [5, 5.41) is 0. The predicted octanol–water partition coefficient (Wildman–Crippen LogP) is 0.0670. The Morgan fingerprint density at radius 1 is 1.24 bits per heavy atom. The Labute approximate surface area is 102 Å². The molecular weight excluding hydrogens is 218 g/mol. The van der Waals surface area contributed by atoms with Gasteiger partial charge in [-0.1, -0.05) is 0 Å². The standard InChI is InChI=1S/C11H19N5O/c1-14(2)9-6-7-12-11(13-9)16(5)8-10(17)15(3)4/h6-7H,8H2,1-5H3. The summed E-state index contributed by atoms with van der Waals surface area (Å²) in [4.78, 5) is 25.2. The maximum absolute atomic E-state index is 11.6. The smallest absolute Gasteiger partial charge is 0.241 e. The first-order valence-corrected chi connectivity index (χ1v) is 5.33. The largest absolute Gasteiger partial charge is 0.363 e. The zero-order chi connectivity index (χ0) is 13.0. The normalized spacial score (nSPS) is 9.94. The molecule has 0 unspecified atom stereocenters. The van der Waals surface area contributed by atoms with Gasteiger partial charge in [-0.3, -0.25) is 4.79 Å². The van der Waals surface area contributed by atoms with Crippen LogP contribution in [0.4, 0.5) is 11.8 Å². The van der Waals surface area contributed by atoms with Gasteiger partial charge in [-0.2, -0.15) is 4.98 Å². The molecule has 6 nitrogen and oxygen atoms in total. The first-order chi connectivity index (χ1) is 7.91. The van der Waals surface area contributed by atoms with Crippen molar-refractivity contribution in [3.05, 3.63) is 12.3 Å². The van der Waals surface area contributed by atoms with Crippen molar-refractivity contribution >= 4 is 17.7 Å². The minimum Gasteiger partial charge on any atom is -0.363 e. The third kappa shape index (κ3) is 3.58. The molecule has 1 aromatic heterocycles. The first kappa shape index (κ1) is 13.2. The fourth-order valence-electron chi connectivity index (χ4n) is 1.19. The third-order valence-electron chi connectivity index (χ3n) is 2.30. The fourth-order valence-corrected chi connectivity index (χ4v) is 1.19. The molecule has 0 bridgehead atoms. The van der Waals surface area contributed by atoms with Crippen molar-refractivity contribution in [3.63, 3.8) is 0 Å². The lowest BCUT2D eigenvalue weighted by atomic mass is 10.5. The third-order valence-corrected chi connectivity index (χ3v) is 2.30. The highest BCUT2D eigenvalue weighted by molar-refractivity contribution is 5.80. The van der Waals surface area contributed by atoms with E-state index in [4.69, 9.17) is 0 Å². The van der Waals surface area contributed by atoms with Crippen LogP contribution in [0.2, 0.25) is 0 Å². The second-order valence-electron chi connectivity index (χ2n) is 4.25. The number of carbonyl (C=O) groups is 1. The van der Waals surface area contributed by atoms with Gasteiger partial charge in [0.2, 0.25) is 11.9 Å². The molecule has 0 radical (unpaired) electrons. The molecule has 0 N–H and O–H groups in total. The SMILES string of the molecule is CN(C)C(=O)CN(C)c1nccc(N(C)C)n1. The predicted molar refractivity (Wildman–Crippen MR) is 68.3 cm³/mol. The number of amides is 1. The van der Waals surface area contributed by atoms with Crippen LogP contribution in [0.15, 0.2) is 12.3 Å². The summed E-state index contributed by atoms with van der Waals surface area (Å²) < 4.78 is 0. The maximum atomic E-state index is 11.6. The molecular formula is C11H19N5O. The van der Waals surface area contributed by atoms with Gasteiger partial charge in [0.05, 0.1) is 6.54 Å². The van der Waals surface area contributed by atoms with Gasteiger partial charge in [-0.05, 0) is 6.07 Å². The molecule has 1 amide bonds. The van der Waals surface area contributed by atoms with Gasteiger partial charge in [0.1, 0.15) is 5.82 Å². The van der Waals surface area contributed by atoms with Crippen LogP contribution in [-0.2, 0) is 4.79 Å². The molecule has 0 aromatic carbocycles. The van der Waals surface area contributed by atoms with E-state index in [1.54, 1.807) is 37.1 Å². The van der Waals surface area contributed by atoms with Gasteiger partial charge in [0.25, 0.3) is 0 Å². The highest BCUT2D eigenvalue weighted by atomic mass is 16.2. The molecule has 1 aromatic rings. The van der Waals surface area contributed by atoms with Crippen molar-refractivity contribution < 1.29 is 4.79 Å². The first-order valence-electron chi connectivity index (χ1n) is 5.33. The van der Waals surface area contributed by atoms with E-state index in [0.29, 0.717) is 5.95 Å². The van der Waals surface area contributed by atoms with E-state index in [1.807, 2.05) is 25.1 Å². The molecule has 0 aliphatic rings. The van der Waals surface area contributed by atoms with E-state index in [2.05, 4.69) is 9.97 Å². The molecule has 1 heterocycles. The van der Waals surface area contributed by atoms with Gasteiger partial charge >= 0.3 is 0 Å². The lowest BCUT2D eigenvalue weighted by Gasteiger charge is -2.20. The van der Waals surface area contributed by atoms with Crippen molar-refractivity contribution in [1.82, 2.24) is 14.9 Å². The highest BCUT2D eigenvalue weighted by Gasteiger charge is 2.11. The summed E-state index contributed by atoms with van der Waals surface area (Å²) >= 11 is 0. The molecule has 0 saturated heterocycles. The van der Waals surface area contributed by atoms with Crippen LogP contribution in [0.5, 0.6) is 0 Å². The summed E-state index contributed by atoms with van der Waals surface area (Å²) in [6, 6.07) is 1.82. The van der Waals surface area contributed by atoms with Gasteiger partial charge in [-0.25, -0.2) is 4.98 Å². The van der Waals surface area contributed by atoms with E-state index in [-0.39, 0.29) is 12.5 Å². The Morgan fingerprint density at radius 3 is 2.41 bits per heavy atom. The number of carbonyl (C=O) groups excluding carboxylic acids is 1. The van der Waals surface area contributed by atoms with Crippen LogP contribution in [-0.4, -0.2) is 62.6 Å². The maximum Gasteiger partial charge on any atom is 0.241 e. The Morgan fingerprint density at radius 2 is 1.88 bits per heavy atom. The van der Waals surface area contributed by atoms with Crippen molar-refractivity contribution in [3.8, 4) is 0 Å². The van der Waals surface area contributed by atoms with E-state index in [9.17, 15) is 4.79 Å². The molecule has 1 rings (SSSR count). The summed E-state index contributed by atoms with van der Waals surface area (Å²) in [6.07, 6.45) is 1.69. The number of hydrogen-bond donors (Lipinski definition) is 0. The second kappa shape index (κ2) is 5.47. The van der Waals surface area contributed by atoms with E-state index in [1.165, 1.54) is 0 Å². The van der Waals surface area contributed by atoms with Gasteiger partial charge in [-0.15, -0.1) is 0 Å². The summed E-state index contributed by atoms with van der Waals surface area (Å²) in [7, 11) is 9.09. The van der Waals surface area contributed by atoms with Gasteiger partial charge in [0.15, 0.2) is 0 Å². The molecule has 0 aliphatic carbocycles. The Kier molecular flexibility index (Phi) is 4.25. The molecule has 94 valence electrons. The monoisotopic (exact) mass is 237 g/mol. The van der Waals surface area contributed by atoms with Crippen LogP contribution >= 0.6 is 0 Å². The zero-order valence-electron chi connectivity index (χ0n) is 11.0. The highest BCUT2D eigenvalue weighted by Crippen LogP contribution is 2.11. The van der Waals surface area contributed by atoms with Crippen molar-refractivity contribution in [2.24, 2.45) is 0 Å². The Bertz CT molecular complexity index is 391. The average molecular weight is 237 g/mol. The van der Waals surface area contributed by atoms with Crippen LogP contribution in [0, 0.1) is 0 Å².